The molecule has 0 saturated heterocycles. The summed E-state index contributed by atoms with van der Waals surface area (Å²) < 4.78 is 0. The van der Waals surface area contributed by atoms with Crippen LogP contribution in [0.2, 0.25) is 0 Å². The van der Waals surface area contributed by atoms with Crippen molar-refractivity contribution in [2.24, 2.45) is 11.1 Å². The number of pyridine rings is 1. The number of hydrogen-bond donors (Lipinski definition) is 1. The first-order valence-electron chi connectivity index (χ1n) is 5.98. The lowest BCUT2D eigenvalue weighted by Crippen LogP contribution is -2.17. The number of nitrogens with zero attached hydrogens (tertiary/aromatic N) is 1. The van der Waals surface area contributed by atoms with Gasteiger partial charge in [0.2, 0.25) is 0 Å². The van der Waals surface area contributed by atoms with Crippen LogP contribution >= 0.6 is 0 Å². The summed E-state index contributed by atoms with van der Waals surface area (Å²) in [6.07, 6.45) is 4.03. The summed E-state index contributed by atoms with van der Waals surface area (Å²) in [5.41, 5.74) is 9.99. The maximum atomic E-state index is 6.19. The molecule has 1 rings (SSSR count). The van der Waals surface area contributed by atoms with Crippen molar-refractivity contribution in [2.45, 2.75) is 53.5 Å². The van der Waals surface area contributed by atoms with E-state index in [0.717, 1.165) is 18.5 Å². The Balaban J connectivity index is 2.70. The molecular formula is C14H24N2. The highest BCUT2D eigenvalue weighted by atomic mass is 14.8. The summed E-state index contributed by atoms with van der Waals surface area (Å²) in [7, 11) is 0. The van der Waals surface area contributed by atoms with Crippen LogP contribution < -0.4 is 5.73 Å². The van der Waals surface area contributed by atoms with Gasteiger partial charge in [-0.3, -0.25) is 4.98 Å². The van der Waals surface area contributed by atoms with Crippen molar-refractivity contribution in [2.75, 3.05) is 0 Å². The zero-order valence-corrected chi connectivity index (χ0v) is 11.2. The van der Waals surface area contributed by atoms with Crippen LogP contribution in [0.3, 0.4) is 0 Å². The number of hydrogen-bond acceptors (Lipinski definition) is 2. The molecule has 1 unspecified atom stereocenters. The highest BCUT2D eigenvalue weighted by molar-refractivity contribution is 5.25. The topological polar surface area (TPSA) is 38.9 Å². The Bertz CT molecular complexity index is 350. The standard InChI is InChI=1S/C14H24N2/c1-10-8-11(2)13(16-9-10)12(15)6-7-14(3,4)5/h8-9,12H,6-7,15H2,1-5H3. The molecule has 1 atom stereocenters. The molecule has 90 valence electrons. The van der Waals surface area contributed by atoms with E-state index in [1.807, 2.05) is 6.20 Å². The summed E-state index contributed by atoms with van der Waals surface area (Å²) in [6, 6.07) is 2.22. The monoisotopic (exact) mass is 220 g/mol. The second-order valence-electron chi connectivity index (χ2n) is 5.92. The second kappa shape index (κ2) is 4.96. The van der Waals surface area contributed by atoms with Crippen LogP contribution in [0.5, 0.6) is 0 Å². The third-order valence-electron chi connectivity index (χ3n) is 2.81. The second-order valence-corrected chi connectivity index (χ2v) is 5.92. The fourth-order valence-corrected chi connectivity index (χ4v) is 1.84. The van der Waals surface area contributed by atoms with Gasteiger partial charge in [-0.25, -0.2) is 0 Å². The fraction of sp³-hybridized carbons (Fsp3) is 0.643. The fourth-order valence-electron chi connectivity index (χ4n) is 1.84. The number of aromatic nitrogens is 1. The molecule has 0 spiro atoms. The van der Waals surface area contributed by atoms with Crippen LogP contribution in [0.1, 0.15) is 56.5 Å². The first-order chi connectivity index (χ1) is 7.29. The Labute approximate surface area is 99.3 Å². The predicted octanol–water partition coefficient (Wildman–Crippen LogP) is 3.52. The molecule has 0 aliphatic heterocycles. The zero-order valence-electron chi connectivity index (χ0n) is 11.2. The third kappa shape index (κ3) is 3.93. The van der Waals surface area contributed by atoms with Gasteiger partial charge in [0, 0.05) is 12.2 Å². The summed E-state index contributed by atoms with van der Waals surface area (Å²) >= 11 is 0. The van der Waals surface area contributed by atoms with Gasteiger partial charge >= 0.3 is 0 Å². The lowest BCUT2D eigenvalue weighted by Gasteiger charge is -2.21. The largest absolute Gasteiger partial charge is 0.323 e. The van der Waals surface area contributed by atoms with Crippen molar-refractivity contribution in [1.29, 1.82) is 0 Å². The molecular weight excluding hydrogens is 196 g/mol. The molecule has 0 aliphatic carbocycles. The lowest BCUT2D eigenvalue weighted by molar-refractivity contribution is 0.348. The minimum absolute atomic E-state index is 0.0693. The minimum atomic E-state index is 0.0693. The summed E-state index contributed by atoms with van der Waals surface area (Å²) in [5, 5.41) is 0. The van der Waals surface area contributed by atoms with E-state index in [1.54, 1.807) is 0 Å². The molecule has 0 radical (unpaired) electrons. The molecule has 0 amide bonds. The molecule has 2 heteroatoms. The van der Waals surface area contributed by atoms with Gasteiger partial charge in [-0.05, 0) is 43.2 Å². The molecule has 16 heavy (non-hydrogen) atoms. The van der Waals surface area contributed by atoms with E-state index in [1.165, 1.54) is 11.1 Å². The molecule has 0 aromatic carbocycles. The van der Waals surface area contributed by atoms with Gasteiger partial charge in [0.1, 0.15) is 0 Å². The van der Waals surface area contributed by atoms with Crippen LogP contribution in [0.15, 0.2) is 12.3 Å². The molecule has 1 aromatic heterocycles. The molecule has 2 nitrogen and oxygen atoms in total. The minimum Gasteiger partial charge on any atom is -0.323 e. The maximum absolute atomic E-state index is 6.19. The van der Waals surface area contributed by atoms with Crippen molar-refractivity contribution >= 4 is 0 Å². The SMILES string of the molecule is Cc1cnc(C(N)CCC(C)(C)C)c(C)c1. The molecule has 2 N–H and O–H groups in total. The van der Waals surface area contributed by atoms with Crippen LogP contribution in [0, 0.1) is 19.3 Å². The van der Waals surface area contributed by atoms with Gasteiger partial charge < -0.3 is 5.73 Å². The first kappa shape index (κ1) is 13.2. The van der Waals surface area contributed by atoms with Crippen LogP contribution in [-0.4, -0.2) is 4.98 Å². The summed E-state index contributed by atoms with van der Waals surface area (Å²) in [4.78, 5) is 4.45. The highest BCUT2D eigenvalue weighted by Gasteiger charge is 2.16. The highest BCUT2D eigenvalue weighted by Crippen LogP contribution is 2.26. The van der Waals surface area contributed by atoms with Crippen LogP contribution in [0.25, 0.3) is 0 Å². The zero-order chi connectivity index (χ0) is 12.3. The lowest BCUT2D eigenvalue weighted by atomic mass is 9.88. The van der Waals surface area contributed by atoms with Gasteiger partial charge in [-0.2, -0.15) is 0 Å². The van der Waals surface area contributed by atoms with E-state index >= 15 is 0 Å². The third-order valence-corrected chi connectivity index (χ3v) is 2.81. The van der Waals surface area contributed by atoms with Crippen molar-refractivity contribution in [3.63, 3.8) is 0 Å². The quantitative estimate of drug-likeness (QED) is 0.846. The van der Waals surface area contributed by atoms with Crippen molar-refractivity contribution in [3.8, 4) is 0 Å². The molecule has 0 aliphatic rings. The predicted molar refractivity (Wildman–Crippen MR) is 69.3 cm³/mol. The van der Waals surface area contributed by atoms with E-state index in [2.05, 4.69) is 45.7 Å². The Morgan fingerprint density at radius 2 is 1.94 bits per heavy atom. The molecule has 0 bridgehead atoms. The number of nitrogens with two attached hydrogens (primary N) is 1. The smallest absolute Gasteiger partial charge is 0.0600 e. The number of rotatable bonds is 3. The van der Waals surface area contributed by atoms with E-state index in [4.69, 9.17) is 5.73 Å². The Morgan fingerprint density at radius 3 is 2.44 bits per heavy atom. The Hall–Kier alpha value is -0.890. The summed E-state index contributed by atoms with van der Waals surface area (Å²) in [6.45, 7) is 10.9. The normalized spacial score (nSPS) is 13.9. The first-order valence-corrected chi connectivity index (χ1v) is 5.98. The maximum Gasteiger partial charge on any atom is 0.0600 e. The van der Waals surface area contributed by atoms with Gasteiger partial charge in [0.15, 0.2) is 0 Å². The van der Waals surface area contributed by atoms with Crippen LogP contribution in [-0.2, 0) is 0 Å². The van der Waals surface area contributed by atoms with Gasteiger partial charge in [0.05, 0.1) is 5.69 Å². The Morgan fingerprint density at radius 1 is 1.31 bits per heavy atom. The Kier molecular flexibility index (Phi) is 4.09. The average Bonchev–Trinajstić information content (AvgIpc) is 2.13. The van der Waals surface area contributed by atoms with Crippen LogP contribution in [0.4, 0.5) is 0 Å². The molecule has 1 heterocycles. The molecule has 0 saturated carbocycles. The van der Waals surface area contributed by atoms with Crippen molar-refractivity contribution in [1.82, 2.24) is 4.98 Å². The molecule has 0 fully saturated rings. The van der Waals surface area contributed by atoms with Gasteiger partial charge in [-0.1, -0.05) is 26.8 Å². The van der Waals surface area contributed by atoms with E-state index in [9.17, 15) is 0 Å². The van der Waals surface area contributed by atoms with Gasteiger partial charge in [0.25, 0.3) is 0 Å². The molecule has 1 aromatic rings. The summed E-state index contributed by atoms with van der Waals surface area (Å²) in [5.74, 6) is 0. The van der Waals surface area contributed by atoms with Crippen molar-refractivity contribution < 1.29 is 0 Å². The van der Waals surface area contributed by atoms with E-state index in [-0.39, 0.29) is 6.04 Å². The number of aryl methyl sites for hydroxylation is 2. The van der Waals surface area contributed by atoms with E-state index in [0.29, 0.717) is 5.41 Å². The average molecular weight is 220 g/mol. The van der Waals surface area contributed by atoms with Crippen molar-refractivity contribution in [3.05, 3.63) is 29.1 Å². The van der Waals surface area contributed by atoms with E-state index < -0.39 is 0 Å². The van der Waals surface area contributed by atoms with Gasteiger partial charge in [-0.15, -0.1) is 0 Å².